The summed E-state index contributed by atoms with van der Waals surface area (Å²) in [7, 11) is 0. The first-order chi connectivity index (χ1) is 4.79. The molecule has 4 heteroatoms. The van der Waals surface area contributed by atoms with Gasteiger partial charge in [-0.15, -0.1) is 0 Å². The topological polar surface area (TPSA) is 61.4 Å². The highest BCUT2D eigenvalue weighted by atomic mass is 16.4. The van der Waals surface area contributed by atoms with Crippen LogP contribution in [-0.2, 0) is 0 Å². The number of hydrogen-bond donors (Lipinski definition) is 3. The van der Waals surface area contributed by atoms with Gasteiger partial charge in [0.2, 0.25) is 0 Å². The number of allylic oxidation sites excluding steroid dienone is 2. The Morgan fingerprint density at radius 1 is 1.80 bits per heavy atom. The standard InChI is InChI=1S/C6H8N2O2/c9-6(10)8-5-2-1-3-7-4-5/h1-3,7-8H,4H2,(H,9,10). The summed E-state index contributed by atoms with van der Waals surface area (Å²) in [4.78, 5) is 10.1. The molecule has 0 unspecified atom stereocenters. The van der Waals surface area contributed by atoms with Crippen molar-refractivity contribution in [3.63, 3.8) is 0 Å². The lowest BCUT2D eigenvalue weighted by Gasteiger charge is -2.08. The predicted octanol–water partition coefficient (Wildman–Crippen LogP) is 0.255. The van der Waals surface area contributed by atoms with Crippen molar-refractivity contribution >= 4 is 6.09 Å². The van der Waals surface area contributed by atoms with E-state index in [9.17, 15) is 4.79 Å². The van der Waals surface area contributed by atoms with Crippen molar-refractivity contribution in [3.05, 3.63) is 24.0 Å². The average Bonchev–Trinajstić information content (AvgIpc) is 1.88. The van der Waals surface area contributed by atoms with Crippen LogP contribution in [0.15, 0.2) is 24.0 Å². The molecule has 3 N–H and O–H groups in total. The Labute approximate surface area is 58.2 Å². The molecule has 1 heterocycles. The lowest BCUT2D eigenvalue weighted by atomic mass is 10.3. The predicted molar refractivity (Wildman–Crippen MR) is 36.4 cm³/mol. The van der Waals surface area contributed by atoms with E-state index in [4.69, 9.17) is 5.11 Å². The van der Waals surface area contributed by atoms with Crippen molar-refractivity contribution in [1.29, 1.82) is 0 Å². The molecule has 0 aliphatic carbocycles. The van der Waals surface area contributed by atoms with E-state index in [-0.39, 0.29) is 0 Å². The molecule has 0 saturated carbocycles. The van der Waals surface area contributed by atoms with E-state index >= 15 is 0 Å². The zero-order valence-electron chi connectivity index (χ0n) is 5.29. The van der Waals surface area contributed by atoms with E-state index in [1.165, 1.54) is 0 Å². The highest BCUT2D eigenvalue weighted by molar-refractivity contribution is 5.67. The van der Waals surface area contributed by atoms with Crippen molar-refractivity contribution in [2.75, 3.05) is 6.54 Å². The third kappa shape index (κ3) is 1.81. The molecule has 1 aliphatic heterocycles. The van der Waals surface area contributed by atoms with Crippen LogP contribution in [0.3, 0.4) is 0 Å². The van der Waals surface area contributed by atoms with Gasteiger partial charge in [-0.3, -0.25) is 5.32 Å². The van der Waals surface area contributed by atoms with E-state index < -0.39 is 6.09 Å². The van der Waals surface area contributed by atoms with Gasteiger partial charge in [-0.25, -0.2) is 4.79 Å². The molecule has 0 bridgehead atoms. The minimum atomic E-state index is -1.02. The Morgan fingerprint density at radius 2 is 2.60 bits per heavy atom. The SMILES string of the molecule is O=C(O)NC1=CC=CNC1. The van der Waals surface area contributed by atoms with Crippen LogP contribution in [0.2, 0.25) is 0 Å². The van der Waals surface area contributed by atoms with Crippen LogP contribution in [0.1, 0.15) is 0 Å². The third-order valence-electron chi connectivity index (χ3n) is 1.07. The second-order valence-electron chi connectivity index (χ2n) is 1.86. The molecule has 1 aliphatic rings. The zero-order valence-corrected chi connectivity index (χ0v) is 5.29. The van der Waals surface area contributed by atoms with Crippen molar-refractivity contribution in [2.45, 2.75) is 0 Å². The molecule has 4 nitrogen and oxygen atoms in total. The molecular formula is C6H8N2O2. The van der Waals surface area contributed by atoms with Crippen LogP contribution < -0.4 is 10.6 Å². The van der Waals surface area contributed by atoms with Gasteiger partial charge in [0.05, 0.1) is 6.54 Å². The Kier molecular flexibility index (Phi) is 1.94. The molecule has 54 valence electrons. The first-order valence-corrected chi connectivity index (χ1v) is 2.88. The Morgan fingerprint density at radius 3 is 3.10 bits per heavy atom. The molecule has 0 atom stereocenters. The third-order valence-corrected chi connectivity index (χ3v) is 1.07. The molecule has 0 radical (unpaired) electrons. The summed E-state index contributed by atoms with van der Waals surface area (Å²) < 4.78 is 0. The van der Waals surface area contributed by atoms with Gasteiger partial charge < -0.3 is 10.4 Å². The van der Waals surface area contributed by atoms with Gasteiger partial charge in [-0.05, 0) is 18.4 Å². The second-order valence-corrected chi connectivity index (χ2v) is 1.86. The quantitative estimate of drug-likeness (QED) is 0.489. The molecule has 0 fully saturated rings. The molecule has 0 spiro atoms. The highest BCUT2D eigenvalue weighted by Crippen LogP contribution is 1.92. The molecule has 0 aromatic carbocycles. The molecule has 0 saturated heterocycles. The lowest BCUT2D eigenvalue weighted by molar-refractivity contribution is 0.197. The molecule has 1 amide bonds. The van der Waals surface area contributed by atoms with Gasteiger partial charge >= 0.3 is 6.09 Å². The van der Waals surface area contributed by atoms with Gasteiger partial charge in [-0.1, -0.05) is 0 Å². The average molecular weight is 140 g/mol. The number of nitrogens with one attached hydrogen (secondary N) is 2. The summed E-state index contributed by atoms with van der Waals surface area (Å²) in [5.74, 6) is 0. The fourth-order valence-electron chi connectivity index (χ4n) is 0.683. The fraction of sp³-hybridized carbons (Fsp3) is 0.167. The van der Waals surface area contributed by atoms with Gasteiger partial charge in [0.15, 0.2) is 0 Å². The molecule has 1 rings (SSSR count). The van der Waals surface area contributed by atoms with Crippen LogP contribution in [0.4, 0.5) is 4.79 Å². The maximum Gasteiger partial charge on any atom is 0.408 e. The van der Waals surface area contributed by atoms with E-state index in [1.54, 1.807) is 18.4 Å². The van der Waals surface area contributed by atoms with E-state index in [2.05, 4.69) is 10.6 Å². The van der Waals surface area contributed by atoms with Crippen LogP contribution in [0, 0.1) is 0 Å². The van der Waals surface area contributed by atoms with Gasteiger partial charge in [0.25, 0.3) is 0 Å². The Hall–Kier alpha value is -1.45. The number of carboxylic acid groups (broad SMARTS) is 1. The van der Waals surface area contributed by atoms with E-state index in [0.717, 1.165) is 0 Å². The first-order valence-electron chi connectivity index (χ1n) is 2.88. The van der Waals surface area contributed by atoms with Crippen LogP contribution in [-0.4, -0.2) is 17.7 Å². The van der Waals surface area contributed by atoms with E-state index in [0.29, 0.717) is 12.2 Å². The van der Waals surface area contributed by atoms with Crippen LogP contribution in [0.5, 0.6) is 0 Å². The van der Waals surface area contributed by atoms with E-state index in [1.807, 2.05) is 0 Å². The van der Waals surface area contributed by atoms with Crippen LogP contribution in [0.25, 0.3) is 0 Å². The molecular weight excluding hydrogens is 132 g/mol. The molecule has 10 heavy (non-hydrogen) atoms. The largest absolute Gasteiger partial charge is 0.465 e. The smallest absolute Gasteiger partial charge is 0.408 e. The molecule has 0 aromatic rings. The first kappa shape index (κ1) is 6.67. The summed E-state index contributed by atoms with van der Waals surface area (Å²) >= 11 is 0. The highest BCUT2D eigenvalue weighted by Gasteiger charge is 2.00. The minimum Gasteiger partial charge on any atom is -0.465 e. The Bertz CT molecular complexity index is 196. The summed E-state index contributed by atoms with van der Waals surface area (Å²) in [5, 5.41) is 13.4. The van der Waals surface area contributed by atoms with Crippen molar-refractivity contribution in [1.82, 2.24) is 10.6 Å². The summed E-state index contributed by atoms with van der Waals surface area (Å²) in [5.41, 5.74) is 0.662. The maximum absolute atomic E-state index is 10.1. The van der Waals surface area contributed by atoms with Crippen molar-refractivity contribution in [3.8, 4) is 0 Å². The normalized spacial score (nSPS) is 15.4. The number of hydrogen-bond acceptors (Lipinski definition) is 2. The minimum absolute atomic E-state index is 0.544. The van der Waals surface area contributed by atoms with Gasteiger partial charge in [0, 0.05) is 5.70 Å². The van der Waals surface area contributed by atoms with Crippen LogP contribution >= 0.6 is 0 Å². The number of rotatable bonds is 1. The van der Waals surface area contributed by atoms with Crippen molar-refractivity contribution in [2.24, 2.45) is 0 Å². The zero-order chi connectivity index (χ0) is 7.40. The number of carbonyl (C=O) groups is 1. The van der Waals surface area contributed by atoms with Crippen molar-refractivity contribution < 1.29 is 9.90 Å². The van der Waals surface area contributed by atoms with Gasteiger partial charge in [0.1, 0.15) is 0 Å². The number of amides is 1. The fourth-order valence-corrected chi connectivity index (χ4v) is 0.683. The maximum atomic E-state index is 10.1. The number of dihydropyridines is 1. The van der Waals surface area contributed by atoms with Gasteiger partial charge in [-0.2, -0.15) is 0 Å². The summed E-state index contributed by atoms with van der Waals surface area (Å²) in [6, 6.07) is 0. The lowest BCUT2D eigenvalue weighted by Crippen LogP contribution is -2.27. The molecule has 0 aromatic heterocycles. The Balaban J connectivity index is 2.47. The second kappa shape index (κ2) is 2.91. The summed E-state index contributed by atoms with van der Waals surface area (Å²) in [6.07, 6.45) is 4.19. The summed E-state index contributed by atoms with van der Waals surface area (Å²) in [6.45, 7) is 0.544. The monoisotopic (exact) mass is 140 g/mol.